The van der Waals surface area contributed by atoms with Gasteiger partial charge >= 0.3 is 0 Å². The lowest BCUT2D eigenvalue weighted by Gasteiger charge is -2.41. The molecule has 0 unspecified atom stereocenters. The Morgan fingerprint density at radius 1 is 1.28 bits per heavy atom. The van der Waals surface area contributed by atoms with Gasteiger partial charge in [0.15, 0.2) is 0 Å². The van der Waals surface area contributed by atoms with Gasteiger partial charge in [0, 0.05) is 26.2 Å². The van der Waals surface area contributed by atoms with Crippen molar-refractivity contribution in [3.63, 3.8) is 0 Å². The minimum Gasteiger partial charge on any atom is -0.339 e. The molecule has 1 aliphatic rings. The van der Waals surface area contributed by atoms with Crippen molar-refractivity contribution < 1.29 is 4.79 Å². The van der Waals surface area contributed by atoms with Crippen molar-refractivity contribution in [1.29, 1.82) is 0 Å². The van der Waals surface area contributed by atoms with Gasteiger partial charge in [-0.05, 0) is 33.4 Å². The summed E-state index contributed by atoms with van der Waals surface area (Å²) < 4.78 is 0. The second-order valence-electron chi connectivity index (χ2n) is 5.53. The minimum atomic E-state index is -0.374. The van der Waals surface area contributed by atoms with E-state index in [1.807, 2.05) is 4.90 Å². The molecular formula is C14H29N3O. The van der Waals surface area contributed by atoms with E-state index in [-0.39, 0.29) is 11.4 Å². The lowest BCUT2D eigenvalue weighted by Crippen LogP contribution is -2.59. The first kappa shape index (κ1) is 15.4. The van der Waals surface area contributed by atoms with Crippen LogP contribution in [0.3, 0.4) is 0 Å². The van der Waals surface area contributed by atoms with Gasteiger partial charge in [0.05, 0.1) is 5.54 Å². The number of hydrogen-bond acceptors (Lipinski definition) is 3. The summed E-state index contributed by atoms with van der Waals surface area (Å²) in [4.78, 5) is 17.0. The van der Waals surface area contributed by atoms with Crippen LogP contribution in [0.1, 0.15) is 40.5 Å². The summed E-state index contributed by atoms with van der Waals surface area (Å²) in [5.41, 5.74) is -0.374. The fourth-order valence-corrected chi connectivity index (χ4v) is 2.57. The molecule has 1 rings (SSSR count). The molecule has 4 heteroatoms. The van der Waals surface area contributed by atoms with E-state index in [0.29, 0.717) is 0 Å². The van der Waals surface area contributed by atoms with Gasteiger partial charge in [-0.3, -0.25) is 9.69 Å². The number of amides is 1. The monoisotopic (exact) mass is 255 g/mol. The van der Waals surface area contributed by atoms with Crippen LogP contribution in [0, 0.1) is 0 Å². The Labute approximate surface area is 112 Å². The molecule has 0 aromatic heterocycles. The second kappa shape index (κ2) is 7.10. The van der Waals surface area contributed by atoms with E-state index >= 15 is 0 Å². The third kappa shape index (κ3) is 3.69. The summed E-state index contributed by atoms with van der Waals surface area (Å²) in [7, 11) is 0. The highest BCUT2D eigenvalue weighted by molar-refractivity contribution is 5.85. The molecule has 18 heavy (non-hydrogen) atoms. The number of hydrogen-bond donors (Lipinski definition) is 1. The molecular weight excluding hydrogens is 226 g/mol. The Hall–Kier alpha value is -0.610. The highest BCUT2D eigenvalue weighted by atomic mass is 16.2. The number of likely N-dealkylation sites (N-methyl/N-ethyl adjacent to an activating group) is 1. The maximum absolute atomic E-state index is 12.6. The third-order valence-electron chi connectivity index (χ3n) is 3.88. The molecule has 1 heterocycles. The van der Waals surface area contributed by atoms with E-state index in [4.69, 9.17) is 0 Å². The van der Waals surface area contributed by atoms with Crippen LogP contribution >= 0.6 is 0 Å². The summed E-state index contributed by atoms with van der Waals surface area (Å²) in [6, 6.07) is 0. The fourth-order valence-electron chi connectivity index (χ4n) is 2.57. The number of unbranched alkanes of at least 4 members (excludes halogenated alkanes) is 1. The Balaban J connectivity index is 2.65. The molecule has 1 amide bonds. The van der Waals surface area contributed by atoms with Crippen molar-refractivity contribution in [3.8, 4) is 0 Å². The SMILES string of the molecule is CCCCN(CC)C(C)(C)C(=O)N1CCNCC1. The normalized spacial score (nSPS) is 17.3. The molecule has 1 N–H and O–H groups in total. The summed E-state index contributed by atoms with van der Waals surface area (Å²) in [6.07, 6.45) is 2.33. The average molecular weight is 255 g/mol. The van der Waals surface area contributed by atoms with Crippen molar-refractivity contribution in [3.05, 3.63) is 0 Å². The van der Waals surface area contributed by atoms with E-state index < -0.39 is 0 Å². The topological polar surface area (TPSA) is 35.6 Å². The fraction of sp³-hybridized carbons (Fsp3) is 0.929. The van der Waals surface area contributed by atoms with Crippen LogP contribution < -0.4 is 5.32 Å². The minimum absolute atomic E-state index is 0.280. The highest BCUT2D eigenvalue weighted by Gasteiger charge is 2.36. The van der Waals surface area contributed by atoms with Gasteiger partial charge in [-0.15, -0.1) is 0 Å². The number of nitrogens with one attached hydrogen (secondary N) is 1. The second-order valence-corrected chi connectivity index (χ2v) is 5.53. The molecule has 0 atom stereocenters. The first-order valence-corrected chi connectivity index (χ1v) is 7.29. The number of carbonyl (C=O) groups is 1. The smallest absolute Gasteiger partial charge is 0.242 e. The Bertz CT molecular complexity index is 260. The number of nitrogens with zero attached hydrogens (tertiary/aromatic N) is 2. The standard InChI is InChI=1S/C14H29N3O/c1-5-7-10-17(6-2)14(3,4)13(18)16-11-8-15-9-12-16/h15H,5-12H2,1-4H3. The first-order chi connectivity index (χ1) is 8.54. The largest absolute Gasteiger partial charge is 0.339 e. The molecule has 0 aromatic carbocycles. The maximum atomic E-state index is 12.6. The molecule has 0 bridgehead atoms. The summed E-state index contributed by atoms with van der Waals surface area (Å²) in [5, 5.41) is 3.29. The van der Waals surface area contributed by atoms with Crippen molar-refractivity contribution in [2.45, 2.75) is 46.1 Å². The predicted octanol–water partition coefficient (Wildman–Crippen LogP) is 1.32. The van der Waals surface area contributed by atoms with Crippen LogP contribution in [-0.4, -0.2) is 60.5 Å². The van der Waals surface area contributed by atoms with E-state index in [0.717, 1.165) is 45.7 Å². The van der Waals surface area contributed by atoms with Gasteiger partial charge in [0.2, 0.25) is 5.91 Å². The van der Waals surface area contributed by atoms with Crippen LogP contribution in [0.2, 0.25) is 0 Å². The summed E-state index contributed by atoms with van der Waals surface area (Å²) in [6.45, 7) is 13.9. The van der Waals surface area contributed by atoms with Gasteiger partial charge in [0.1, 0.15) is 0 Å². The summed E-state index contributed by atoms with van der Waals surface area (Å²) >= 11 is 0. The molecule has 0 spiro atoms. The molecule has 0 aromatic rings. The van der Waals surface area contributed by atoms with Gasteiger partial charge in [-0.1, -0.05) is 20.3 Å². The zero-order chi connectivity index (χ0) is 13.6. The van der Waals surface area contributed by atoms with Crippen LogP contribution in [0.25, 0.3) is 0 Å². The predicted molar refractivity (Wildman–Crippen MR) is 75.7 cm³/mol. The highest BCUT2D eigenvalue weighted by Crippen LogP contribution is 2.19. The molecule has 106 valence electrons. The van der Waals surface area contributed by atoms with E-state index in [1.54, 1.807) is 0 Å². The number of carbonyl (C=O) groups excluding carboxylic acids is 1. The van der Waals surface area contributed by atoms with Gasteiger partial charge in [-0.25, -0.2) is 0 Å². The first-order valence-electron chi connectivity index (χ1n) is 7.29. The number of rotatable bonds is 6. The molecule has 0 saturated carbocycles. The Morgan fingerprint density at radius 2 is 1.89 bits per heavy atom. The van der Waals surface area contributed by atoms with Crippen molar-refractivity contribution in [2.24, 2.45) is 0 Å². The van der Waals surface area contributed by atoms with Gasteiger partial charge in [-0.2, -0.15) is 0 Å². The van der Waals surface area contributed by atoms with E-state index in [9.17, 15) is 4.79 Å². The number of piperazine rings is 1. The average Bonchev–Trinajstić information content (AvgIpc) is 2.39. The molecule has 4 nitrogen and oxygen atoms in total. The van der Waals surface area contributed by atoms with Crippen LogP contribution in [-0.2, 0) is 4.79 Å². The Morgan fingerprint density at radius 3 is 2.39 bits per heavy atom. The van der Waals surface area contributed by atoms with E-state index in [2.05, 4.69) is 37.9 Å². The van der Waals surface area contributed by atoms with Crippen molar-refractivity contribution in [2.75, 3.05) is 39.3 Å². The molecule has 0 radical (unpaired) electrons. The third-order valence-corrected chi connectivity index (χ3v) is 3.88. The molecule has 1 aliphatic heterocycles. The van der Waals surface area contributed by atoms with Crippen molar-refractivity contribution in [1.82, 2.24) is 15.1 Å². The Kier molecular flexibility index (Phi) is 6.09. The maximum Gasteiger partial charge on any atom is 0.242 e. The zero-order valence-electron chi connectivity index (χ0n) is 12.5. The molecule has 1 saturated heterocycles. The van der Waals surface area contributed by atoms with Crippen molar-refractivity contribution >= 4 is 5.91 Å². The van der Waals surface area contributed by atoms with Gasteiger partial charge in [0.25, 0.3) is 0 Å². The molecule has 0 aliphatic carbocycles. The van der Waals surface area contributed by atoms with Crippen LogP contribution in [0.5, 0.6) is 0 Å². The van der Waals surface area contributed by atoms with Crippen LogP contribution in [0.4, 0.5) is 0 Å². The summed E-state index contributed by atoms with van der Waals surface area (Å²) in [5.74, 6) is 0.280. The van der Waals surface area contributed by atoms with Crippen LogP contribution in [0.15, 0.2) is 0 Å². The quantitative estimate of drug-likeness (QED) is 0.777. The van der Waals surface area contributed by atoms with E-state index in [1.165, 1.54) is 6.42 Å². The lowest BCUT2D eigenvalue weighted by molar-refractivity contribution is -0.143. The zero-order valence-corrected chi connectivity index (χ0v) is 12.5. The molecule has 1 fully saturated rings. The van der Waals surface area contributed by atoms with Gasteiger partial charge < -0.3 is 10.2 Å². The lowest BCUT2D eigenvalue weighted by atomic mass is 9.99.